The van der Waals surface area contributed by atoms with Gasteiger partial charge in [-0.3, -0.25) is 14.5 Å². The monoisotopic (exact) mass is 272 g/mol. The maximum absolute atomic E-state index is 10.9. The van der Waals surface area contributed by atoms with E-state index in [1.165, 1.54) is 0 Å². The molecule has 0 fully saturated rings. The van der Waals surface area contributed by atoms with Crippen molar-refractivity contribution < 1.29 is 4.52 Å². The van der Waals surface area contributed by atoms with Gasteiger partial charge in [-0.1, -0.05) is 41.0 Å². The second-order valence-corrected chi connectivity index (χ2v) is 4.15. The molecule has 19 heavy (non-hydrogen) atoms. The maximum atomic E-state index is 10.9. The predicted octanol–water partition coefficient (Wildman–Crippen LogP) is 2.55. The third kappa shape index (κ3) is 2.28. The van der Waals surface area contributed by atoms with Crippen molar-refractivity contribution in [3.8, 4) is 22.6 Å². The lowest BCUT2D eigenvalue weighted by Gasteiger charge is -2.03. The molecule has 0 unspecified atom stereocenters. The van der Waals surface area contributed by atoms with Gasteiger partial charge in [-0.25, -0.2) is 4.79 Å². The molecular weight excluding hydrogens is 266 g/mol. The first-order chi connectivity index (χ1) is 9.24. The lowest BCUT2D eigenvalue weighted by atomic mass is 10.1. The van der Waals surface area contributed by atoms with Crippen LogP contribution >= 0.6 is 11.6 Å². The van der Waals surface area contributed by atoms with E-state index < -0.39 is 5.76 Å². The fraction of sp³-hybridized carbons (Fsp3) is 0. The average Bonchev–Trinajstić information content (AvgIpc) is 2.86. The molecular formula is C13H7ClN3O2. The Bertz CT molecular complexity index is 762. The highest BCUT2D eigenvalue weighted by atomic mass is 35.5. The molecule has 0 amide bonds. The Hall–Kier alpha value is -2.40. The highest BCUT2D eigenvalue weighted by molar-refractivity contribution is 6.33. The fourth-order valence-electron chi connectivity index (χ4n) is 1.67. The molecule has 3 rings (SSSR count). The second kappa shape index (κ2) is 4.70. The highest BCUT2D eigenvalue weighted by Crippen LogP contribution is 2.27. The summed E-state index contributed by atoms with van der Waals surface area (Å²) in [5, 5.41) is 4.10. The van der Waals surface area contributed by atoms with E-state index in [0.29, 0.717) is 16.5 Å². The van der Waals surface area contributed by atoms with Crippen molar-refractivity contribution >= 4 is 11.6 Å². The van der Waals surface area contributed by atoms with Crippen LogP contribution in [-0.2, 0) is 0 Å². The van der Waals surface area contributed by atoms with Gasteiger partial charge in [-0.15, -0.1) is 0 Å². The van der Waals surface area contributed by atoms with Gasteiger partial charge in [0.25, 0.3) is 0 Å². The first kappa shape index (κ1) is 11.7. The summed E-state index contributed by atoms with van der Waals surface area (Å²) in [6.45, 7) is 0. The number of rotatable bonds is 2. The van der Waals surface area contributed by atoms with E-state index >= 15 is 0 Å². The predicted molar refractivity (Wildman–Crippen MR) is 69.6 cm³/mol. The van der Waals surface area contributed by atoms with E-state index in [1.807, 2.05) is 18.2 Å². The number of nitrogens with one attached hydrogen (secondary N) is 1. The molecule has 5 nitrogen and oxygen atoms in total. The molecule has 0 aliphatic heterocycles. The molecule has 1 aromatic carbocycles. The Morgan fingerprint density at radius 2 is 2.21 bits per heavy atom. The molecule has 6 heteroatoms. The van der Waals surface area contributed by atoms with Crippen LogP contribution in [0.3, 0.4) is 0 Å². The summed E-state index contributed by atoms with van der Waals surface area (Å²) in [5.41, 5.74) is 2.22. The van der Waals surface area contributed by atoms with Crippen LogP contribution in [-0.4, -0.2) is 15.1 Å². The Morgan fingerprint density at radius 1 is 1.32 bits per heavy atom. The number of pyridine rings is 1. The number of aromatic amines is 1. The Labute approximate surface area is 112 Å². The van der Waals surface area contributed by atoms with Crippen molar-refractivity contribution in [3.05, 3.63) is 58.2 Å². The van der Waals surface area contributed by atoms with Gasteiger partial charge in [0, 0.05) is 23.4 Å². The van der Waals surface area contributed by atoms with Crippen LogP contribution in [0.5, 0.6) is 0 Å². The number of hydrogen-bond acceptors (Lipinski definition) is 4. The van der Waals surface area contributed by atoms with Crippen LogP contribution in [0.4, 0.5) is 0 Å². The molecule has 0 aliphatic rings. The minimum absolute atomic E-state index is 0.294. The first-order valence-electron chi connectivity index (χ1n) is 5.43. The molecule has 1 N–H and O–H groups in total. The van der Waals surface area contributed by atoms with Crippen LogP contribution in [0.2, 0.25) is 5.02 Å². The van der Waals surface area contributed by atoms with Gasteiger partial charge < -0.3 is 0 Å². The summed E-state index contributed by atoms with van der Waals surface area (Å²) in [6, 6.07) is 12.0. The van der Waals surface area contributed by atoms with Gasteiger partial charge in [0.2, 0.25) is 5.82 Å². The standard InChI is InChI=1S/C13H7ClN3O2/c14-10-4-2-1-3-9(10)8-5-6-11(15-7-8)12-16-13(18)19-17-12/h1-3,5-7H,(H,16,17,18). The van der Waals surface area contributed by atoms with Crippen molar-refractivity contribution in [2.75, 3.05) is 0 Å². The van der Waals surface area contributed by atoms with E-state index in [2.05, 4.69) is 25.7 Å². The largest absolute Gasteiger partial charge is 0.439 e. The zero-order valence-electron chi connectivity index (χ0n) is 9.55. The van der Waals surface area contributed by atoms with E-state index in [-0.39, 0.29) is 0 Å². The third-order valence-corrected chi connectivity index (χ3v) is 2.88. The summed E-state index contributed by atoms with van der Waals surface area (Å²) in [4.78, 5) is 17.5. The molecule has 2 heterocycles. The summed E-state index contributed by atoms with van der Waals surface area (Å²) in [5.74, 6) is -0.316. The Balaban J connectivity index is 2.00. The van der Waals surface area contributed by atoms with E-state index in [1.54, 1.807) is 18.3 Å². The molecule has 0 atom stereocenters. The maximum Gasteiger partial charge on any atom is 0.439 e. The molecule has 0 saturated carbocycles. The smallest absolute Gasteiger partial charge is 0.296 e. The minimum atomic E-state index is -0.610. The van der Waals surface area contributed by atoms with Crippen LogP contribution in [0, 0.1) is 6.07 Å². The minimum Gasteiger partial charge on any atom is -0.296 e. The third-order valence-electron chi connectivity index (χ3n) is 2.56. The number of halogens is 1. The lowest BCUT2D eigenvalue weighted by Crippen LogP contribution is -1.95. The molecule has 0 aliphatic carbocycles. The number of benzene rings is 1. The fourth-order valence-corrected chi connectivity index (χ4v) is 1.91. The molecule has 0 bridgehead atoms. The zero-order valence-corrected chi connectivity index (χ0v) is 10.3. The quantitative estimate of drug-likeness (QED) is 0.778. The zero-order chi connectivity index (χ0) is 13.2. The lowest BCUT2D eigenvalue weighted by molar-refractivity contribution is 0.387. The number of aromatic nitrogens is 3. The van der Waals surface area contributed by atoms with Gasteiger partial charge in [-0.05, 0) is 6.07 Å². The summed E-state index contributed by atoms with van der Waals surface area (Å²) >= 11 is 6.06. The number of H-pyrrole nitrogens is 1. The summed E-state index contributed by atoms with van der Waals surface area (Å²) < 4.78 is 4.43. The van der Waals surface area contributed by atoms with Gasteiger partial charge in [0.05, 0.1) is 5.02 Å². The van der Waals surface area contributed by atoms with Crippen molar-refractivity contribution in [2.24, 2.45) is 0 Å². The van der Waals surface area contributed by atoms with Gasteiger partial charge >= 0.3 is 5.76 Å². The number of hydrogen-bond donors (Lipinski definition) is 1. The van der Waals surface area contributed by atoms with Crippen molar-refractivity contribution in [3.63, 3.8) is 0 Å². The van der Waals surface area contributed by atoms with E-state index in [4.69, 9.17) is 11.6 Å². The summed E-state index contributed by atoms with van der Waals surface area (Å²) in [7, 11) is 0. The average molecular weight is 273 g/mol. The first-order valence-corrected chi connectivity index (χ1v) is 5.81. The van der Waals surface area contributed by atoms with E-state index in [9.17, 15) is 4.79 Å². The SMILES string of the molecule is O=c1[nH]c(-c2ccc(-c3ccc[c]c3Cl)cn2)no1. The normalized spacial score (nSPS) is 10.6. The van der Waals surface area contributed by atoms with Crippen molar-refractivity contribution in [2.45, 2.75) is 0 Å². The summed E-state index contributed by atoms with van der Waals surface area (Å²) in [6.07, 6.45) is 1.65. The number of nitrogens with zero attached hydrogens (tertiary/aromatic N) is 2. The van der Waals surface area contributed by atoms with Crippen LogP contribution in [0.25, 0.3) is 22.6 Å². The van der Waals surface area contributed by atoms with Crippen molar-refractivity contribution in [1.29, 1.82) is 0 Å². The molecule has 1 radical (unpaired) electrons. The molecule has 2 aromatic heterocycles. The molecule has 93 valence electrons. The van der Waals surface area contributed by atoms with Gasteiger partial charge in [-0.2, -0.15) is 0 Å². The second-order valence-electron chi connectivity index (χ2n) is 3.77. The Kier molecular flexibility index (Phi) is 2.89. The molecule has 0 saturated heterocycles. The highest BCUT2D eigenvalue weighted by Gasteiger charge is 2.07. The van der Waals surface area contributed by atoms with Crippen LogP contribution in [0.1, 0.15) is 0 Å². The van der Waals surface area contributed by atoms with E-state index in [0.717, 1.165) is 11.1 Å². The Morgan fingerprint density at radius 3 is 2.84 bits per heavy atom. The van der Waals surface area contributed by atoms with Crippen molar-refractivity contribution in [1.82, 2.24) is 15.1 Å². The molecule has 3 aromatic rings. The van der Waals surface area contributed by atoms with Gasteiger partial charge in [0.15, 0.2) is 0 Å². The van der Waals surface area contributed by atoms with Crippen LogP contribution < -0.4 is 5.76 Å². The van der Waals surface area contributed by atoms with Crippen LogP contribution in [0.15, 0.2) is 45.8 Å². The topological polar surface area (TPSA) is 71.8 Å². The molecule has 0 spiro atoms. The van der Waals surface area contributed by atoms with Gasteiger partial charge in [0.1, 0.15) is 5.69 Å².